The van der Waals surface area contributed by atoms with Crippen LogP contribution < -0.4 is 4.74 Å². The summed E-state index contributed by atoms with van der Waals surface area (Å²) in [5.74, 6) is 0.924. The first-order chi connectivity index (χ1) is 7.70. The van der Waals surface area contributed by atoms with Gasteiger partial charge in [-0.3, -0.25) is 0 Å². The number of nitrogens with zero attached hydrogens (tertiary/aromatic N) is 1. The Bertz CT molecular complexity index is 494. The van der Waals surface area contributed by atoms with Crippen molar-refractivity contribution in [2.45, 2.75) is 13.3 Å². The highest BCUT2D eigenvalue weighted by Crippen LogP contribution is 2.21. The lowest BCUT2D eigenvalue weighted by molar-refractivity contribution is 0.411. The van der Waals surface area contributed by atoms with Gasteiger partial charge in [0.2, 0.25) is 0 Å². The van der Waals surface area contributed by atoms with Crippen LogP contribution in [0.2, 0.25) is 0 Å². The minimum atomic E-state index is 0.839. The molecule has 3 nitrogen and oxygen atoms in total. The SMILES string of the molecule is COc1ccc(Cc2[nH]cnc2Br)cc1C. The maximum atomic E-state index is 5.23. The number of aryl methyl sites for hydroxylation is 1. The van der Waals surface area contributed by atoms with Gasteiger partial charge in [0.05, 0.1) is 19.1 Å². The number of aromatic nitrogens is 2. The molecule has 0 fully saturated rings. The maximum absolute atomic E-state index is 5.23. The Labute approximate surface area is 103 Å². The largest absolute Gasteiger partial charge is 0.496 e. The van der Waals surface area contributed by atoms with Gasteiger partial charge >= 0.3 is 0 Å². The normalized spacial score (nSPS) is 10.4. The van der Waals surface area contributed by atoms with E-state index in [1.54, 1.807) is 13.4 Å². The molecule has 0 radical (unpaired) electrons. The Morgan fingerprint density at radius 1 is 1.44 bits per heavy atom. The summed E-state index contributed by atoms with van der Waals surface area (Å²) < 4.78 is 6.11. The second-order valence-electron chi connectivity index (χ2n) is 3.65. The lowest BCUT2D eigenvalue weighted by Gasteiger charge is -2.06. The first-order valence-corrected chi connectivity index (χ1v) is 5.81. The number of ether oxygens (including phenoxy) is 1. The summed E-state index contributed by atoms with van der Waals surface area (Å²) in [6, 6.07) is 6.19. The highest BCUT2D eigenvalue weighted by molar-refractivity contribution is 9.10. The molecule has 0 amide bonds. The fraction of sp³-hybridized carbons (Fsp3) is 0.250. The lowest BCUT2D eigenvalue weighted by Crippen LogP contribution is -1.92. The zero-order valence-corrected chi connectivity index (χ0v) is 10.8. The van der Waals surface area contributed by atoms with Gasteiger partial charge in [-0.2, -0.15) is 0 Å². The average Bonchev–Trinajstić information content (AvgIpc) is 2.65. The van der Waals surface area contributed by atoms with Crippen molar-refractivity contribution < 1.29 is 4.74 Å². The molecule has 2 rings (SSSR count). The van der Waals surface area contributed by atoms with Gasteiger partial charge in [0.25, 0.3) is 0 Å². The van der Waals surface area contributed by atoms with E-state index in [4.69, 9.17) is 4.74 Å². The van der Waals surface area contributed by atoms with Crippen LogP contribution in [0.4, 0.5) is 0 Å². The van der Waals surface area contributed by atoms with Crippen molar-refractivity contribution in [3.05, 3.63) is 46.0 Å². The predicted octanol–water partition coefficient (Wildman–Crippen LogP) is 3.08. The van der Waals surface area contributed by atoms with E-state index in [0.717, 1.165) is 28.0 Å². The number of hydrogen-bond donors (Lipinski definition) is 1. The minimum Gasteiger partial charge on any atom is -0.496 e. The number of H-pyrrole nitrogens is 1. The van der Waals surface area contributed by atoms with E-state index in [1.807, 2.05) is 13.0 Å². The van der Waals surface area contributed by atoms with Gasteiger partial charge in [0.15, 0.2) is 0 Å². The molecule has 0 saturated heterocycles. The second kappa shape index (κ2) is 4.70. The molecule has 0 unspecified atom stereocenters. The Morgan fingerprint density at radius 3 is 2.81 bits per heavy atom. The molecule has 0 aliphatic rings. The van der Waals surface area contributed by atoms with E-state index >= 15 is 0 Å². The molecule has 1 heterocycles. The molecule has 0 saturated carbocycles. The van der Waals surface area contributed by atoms with Crippen LogP contribution >= 0.6 is 15.9 Å². The molecular formula is C12H13BrN2O. The molecule has 0 aliphatic heterocycles. The number of benzene rings is 1. The summed E-state index contributed by atoms with van der Waals surface area (Å²) in [5, 5.41) is 0. The van der Waals surface area contributed by atoms with Gasteiger partial charge < -0.3 is 9.72 Å². The summed E-state index contributed by atoms with van der Waals surface area (Å²) in [4.78, 5) is 7.22. The molecule has 1 aromatic heterocycles. The monoisotopic (exact) mass is 280 g/mol. The van der Waals surface area contributed by atoms with Crippen molar-refractivity contribution in [3.8, 4) is 5.75 Å². The highest BCUT2D eigenvalue weighted by Gasteiger charge is 2.05. The van der Waals surface area contributed by atoms with Gasteiger partial charge in [-0.05, 0) is 40.0 Å². The number of hydrogen-bond acceptors (Lipinski definition) is 2. The Hall–Kier alpha value is -1.29. The Morgan fingerprint density at radius 2 is 2.25 bits per heavy atom. The van der Waals surface area contributed by atoms with Crippen molar-refractivity contribution in [1.82, 2.24) is 9.97 Å². The van der Waals surface area contributed by atoms with E-state index in [2.05, 4.69) is 38.0 Å². The number of halogens is 1. The van der Waals surface area contributed by atoms with Crippen molar-refractivity contribution in [3.63, 3.8) is 0 Å². The summed E-state index contributed by atoms with van der Waals surface area (Å²) in [5.41, 5.74) is 3.48. The van der Waals surface area contributed by atoms with Crippen LogP contribution in [0.1, 0.15) is 16.8 Å². The standard InChI is InChI=1S/C12H13BrN2O/c1-8-5-9(3-4-11(8)16-2)6-10-12(13)15-7-14-10/h3-5,7H,6H2,1-2H3,(H,14,15). The zero-order valence-electron chi connectivity index (χ0n) is 9.25. The summed E-state index contributed by atoms with van der Waals surface area (Å²) in [6.45, 7) is 2.05. The quantitative estimate of drug-likeness (QED) is 0.938. The Kier molecular flexibility index (Phi) is 3.29. The first-order valence-electron chi connectivity index (χ1n) is 5.02. The van der Waals surface area contributed by atoms with Crippen LogP contribution in [-0.2, 0) is 6.42 Å². The van der Waals surface area contributed by atoms with Crippen LogP contribution in [0.3, 0.4) is 0 Å². The summed E-state index contributed by atoms with van der Waals surface area (Å²) >= 11 is 3.40. The number of methoxy groups -OCH3 is 1. The summed E-state index contributed by atoms with van der Waals surface area (Å²) in [6.07, 6.45) is 2.53. The third kappa shape index (κ3) is 2.27. The molecule has 0 aliphatic carbocycles. The fourth-order valence-electron chi connectivity index (χ4n) is 1.68. The number of imidazole rings is 1. The maximum Gasteiger partial charge on any atom is 0.127 e. The smallest absolute Gasteiger partial charge is 0.127 e. The molecule has 0 bridgehead atoms. The topological polar surface area (TPSA) is 37.9 Å². The van der Waals surface area contributed by atoms with E-state index in [-0.39, 0.29) is 0 Å². The van der Waals surface area contributed by atoms with Crippen LogP contribution in [0.5, 0.6) is 5.75 Å². The third-order valence-electron chi connectivity index (χ3n) is 2.51. The lowest BCUT2D eigenvalue weighted by atomic mass is 10.1. The van der Waals surface area contributed by atoms with Crippen molar-refractivity contribution in [2.24, 2.45) is 0 Å². The van der Waals surface area contributed by atoms with Crippen LogP contribution in [-0.4, -0.2) is 17.1 Å². The molecule has 2 aromatic rings. The van der Waals surface area contributed by atoms with Crippen molar-refractivity contribution in [1.29, 1.82) is 0 Å². The number of rotatable bonds is 3. The van der Waals surface area contributed by atoms with Crippen LogP contribution in [0, 0.1) is 6.92 Å². The van der Waals surface area contributed by atoms with Crippen molar-refractivity contribution in [2.75, 3.05) is 7.11 Å². The molecular weight excluding hydrogens is 268 g/mol. The fourth-order valence-corrected chi connectivity index (χ4v) is 2.04. The zero-order chi connectivity index (χ0) is 11.5. The van der Waals surface area contributed by atoms with Crippen LogP contribution in [0.15, 0.2) is 29.1 Å². The van der Waals surface area contributed by atoms with Gasteiger partial charge in [-0.25, -0.2) is 4.98 Å². The molecule has 0 atom stereocenters. The molecule has 1 N–H and O–H groups in total. The average molecular weight is 281 g/mol. The highest BCUT2D eigenvalue weighted by atomic mass is 79.9. The molecule has 0 spiro atoms. The van der Waals surface area contributed by atoms with E-state index in [1.165, 1.54) is 5.56 Å². The van der Waals surface area contributed by atoms with E-state index in [9.17, 15) is 0 Å². The van der Waals surface area contributed by atoms with Gasteiger partial charge in [-0.1, -0.05) is 12.1 Å². The third-order valence-corrected chi connectivity index (χ3v) is 3.19. The van der Waals surface area contributed by atoms with E-state index in [0.29, 0.717) is 0 Å². The molecule has 16 heavy (non-hydrogen) atoms. The predicted molar refractivity (Wildman–Crippen MR) is 66.8 cm³/mol. The van der Waals surface area contributed by atoms with Gasteiger partial charge in [0.1, 0.15) is 10.4 Å². The second-order valence-corrected chi connectivity index (χ2v) is 4.40. The molecule has 84 valence electrons. The number of nitrogens with one attached hydrogen (secondary N) is 1. The van der Waals surface area contributed by atoms with Crippen molar-refractivity contribution >= 4 is 15.9 Å². The minimum absolute atomic E-state index is 0.839. The molecule has 4 heteroatoms. The first kappa shape index (κ1) is 11.2. The van der Waals surface area contributed by atoms with Crippen LogP contribution in [0.25, 0.3) is 0 Å². The molecule has 1 aromatic carbocycles. The van der Waals surface area contributed by atoms with E-state index < -0.39 is 0 Å². The Balaban J connectivity index is 2.23. The van der Waals surface area contributed by atoms with Gasteiger partial charge in [-0.15, -0.1) is 0 Å². The van der Waals surface area contributed by atoms with Gasteiger partial charge in [0, 0.05) is 6.42 Å². The number of aromatic amines is 1. The summed E-state index contributed by atoms with van der Waals surface area (Å²) in [7, 11) is 1.69.